The van der Waals surface area contributed by atoms with Gasteiger partial charge in [-0.05, 0) is 39.0 Å². The Balaban J connectivity index is 1.90. The third-order valence-electron chi connectivity index (χ3n) is 2.79. The van der Waals surface area contributed by atoms with Crippen LogP contribution in [0.3, 0.4) is 0 Å². The summed E-state index contributed by atoms with van der Waals surface area (Å²) in [6.45, 7) is 7.01. The van der Waals surface area contributed by atoms with E-state index in [0.29, 0.717) is 12.3 Å². The van der Waals surface area contributed by atoms with Gasteiger partial charge in [0.1, 0.15) is 18.2 Å². The molecule has 0 spiro atoms. The molecule has 5 heteroatoms. The Bertz CT molecular complexity index is 603. The molecule has 0 aliphatic heterocycles. The highest BCUT2D eigenvalue weighted by atomic mass is 19.1. The minimum atomic E-state index is -0.726. The van der Waals surface area contributed by atoms with Gasteiger partial charge in [-0.15, -0.1) is 0 Å². The molecule has 1 N–H and O–H groups in total. The van der Waals surface area contributed by atoms with Gasteiger partial charge in [0.25, 0.3) is 0 Å². The van der Waals surface area contributed by atoms with Crippen molar-refractivity contribution in [3.05, 3.63) is 53.5 Å². The van der Waals surface area contributed by atoms with Crippen molar-refractivity contribution >= 4 is 0 Å². The van der Waals surface area contributed by atoms with Gasteiger partial charge >= 0.3 is 0 Å². The molecule has 114 valence electrons. The Morgan fingerprint density at radius 2 is 1.95 bits per heavy atom. The van der Waals surface area contributed by atoms with Gasteiger partial charge in [0, 0.05) is 23.7 Å². The van der Waals surface area contributed by atoms with E-state index in [9.17, 15) is 8.78 Å². The summed E-state index contributed by atoms with van der Waals surface area (Å²) < 4.78 is 36.8. The molecular formula is C16H19F2NO2. The van der Waals surface area contributed by atoms with E-state index >= 15 is 0 Å². The summed E-state index contributed by atoms with van der Waals surface area (Å²) >= 11 is 0. The van der Waals surface area contributed by atoms with Crippen LogP contribution in [0.25, 0.3) is 0 Å². The number of hydrogen-bond donors (Lipinski definition) is 1. The molecule has 0 atom stereocenters. The largest absolute Gasteiger partial charge is 0.483 e. The Labute approximate surface area is 122 Å². The minimum Gasteiger partial charge on any atom is -0.483 e. The summed E-state index contributed by atoms with van der Waals surface area (Å²) in [6, 6.07) is 5.05. The smallest absolute Gasteiger partial charge is 0.167 e. The van der Waals surface area contributed by atoms with Crippen molar-refractivity contribution in [1.29, 1.82) is 0 Å². The highest BCUT2D eigenvalue weighted by Crippen LogP contribution is 2.19. The maximum atomic E-state index is 13.4. The predicted octanol–water partition coefficient (Wildman–Crippen LogP) is 4.02. The molecule has 1 heterocycles. The Hall–Kier alpha value is -1.88. The van der Waals surface area contributed by atoms with E-state index in [1.807, 2.05) is 6.07 Å². The zero-order valence-electron chi connectivity index (χ0n) is 12.4. The van der Waals surface area contributed by atoms with Crippen molar-refractivity contribution < 1.29 is 17.9 Å². The van der Waals surface area contributed by atoms with E-state index in [4.69, 9.17) is 9.15 Å². The maximum Gasteiger partial charge on any atom is 0.167 e. The summed E-state index contributed by atoms with van der Waals surface area (Å²) in [4.78, 5) is 0. The second-order valence-corrected chi connectivity index (χ2v) is 5.89. The highest BCUT2D eigenvalue weighted by molar-refractivity contribution is 5.25. The fourth-order valence-corrected chi connectivity index (χ4v) is 1.70. The number of benzene rings is 1. The van der Waals surface area contributed by atoms with Gasteiger partial charge in [-0.1, -0.05) is 0 Å². The van der Waals surface area contributed by atoms with Crippen molar-refractivity contribution in [3.63, 3.8) is 0 Å². The quantitative estimate of drug-likeness (QED) is 0.904. The molecule has 2 rings (SSSR count). The van der Waals surface area contributed by atoms with E-state index in [2.05, 4.69) is 26.1 Å². The van der Waals surface area contributed by atoms with Crippen LogP contribution in [0.1, 0.15) is 32.1 Å². The lowest BCUT2D eigenvalue weighted by atomic mass is 10.1. The lowest BCUT2D eigenvalue weighted by molar-refractivity contribution is 0.258. The SMILES string of the molecule is CC(C)(C)NCc1coc(COc2ccc(F)cc2F)c1. The summed E-state index contributed by atoms with van der Waals surface area (Å²) in [6.07, 6.45) is 1.64. The Kier molecular flexibility index (Phi) is 4.63. The molecule has 2 aromatic rings. The van der Waals surface area contributed by atoms with Gasteiger partial charge < -0.3 is 14.5 Å². The standard InChI is InChI=1S/C16H19F2NO2/c1-16(2,3)19-8-11-6-13(20-9-11)10-21-15-5-4-12(17)7-14(15)18/h4-7,9,19H,8,10H2,1-3H3. The third kappa shape index (κ3) is 4.86. The van der Waals surface area contributed by atoms with Gasteiger partial charge in [-0.25, -0.2) is 8.78 Å². The molecule has 0 aliphatic rings. The predicted molar refractivity (Wildman–Crippen MR) is 76.0 cm³/mol. The van der Waals surface area contributed by atoms with Crippen molar-refractivity contribution in [2.75, 3.05) is 0 Å². The number of nitrogens with one attached hydrogen (secondary N) is 1. The molecule has 1 aromatic heterocycles. The first-order valence-electron chi connectivity index (χ1n) is 6.73. The number of hydrogen-bond acceptors (Lipinski definition) is 3. The number of rotatable bonds is 5. The Morgan fingerprint density at radius 3 is 2.62 bits per heavy atom. The molecule has 1 aromatic carbocycles. The molecule has 0 aliphatic carbocycles. The molecule has 0 saturated carbocycles. The average molecular weight is 295 g/mol. The van der Waals surface area contributed by atoms with E-state index in [1.54, 1.807) is 6.26 Å². The van der Waals surface area contributed by atoms with Crippen LogP contribution in [-0.2, 0) is 13.2 Å². The molecule has 0 radical (unpaired) electrons. The number of halogens is 2. The first-order valence-corrected chi connectivity index (χ1v) is 6.73. The van der Waals surface area contributed by atoms with Crippen molar-refractivity contribution in [1.82, 2.24) is 5.32 Å². The lowest BCUT2D eigenvalue weighted by Gasteiger charge is -2.19. The summed E-state index contributed by atoms with van der Waals surface area (Å²) in [5.41, 5.74) is 1.01. The van der Waals surface area contributed by atoms with Gasteiger partial charge in [0.2, 0.25) is 0 Å². The summed E-state index contributed by atoms with van der Waals surface area (Å²) in [5, 5.41) is 3.34. The second-order valence-electron chi connectivity index (χ2n) is 5.89. The van der Waals surface area contributed by atoms with Crippen LogP contribution in [-0.4, -0.2) is 5.54 Å². The van der Waals surface area contributed by atoms with Crippen molar-refractivity contribution in [2.45, 2.75) is 39.5 Å². The van der Waals surface area contributed by atoms with Crippen LogP contribution < -0.4 is 10.1 Å². The molecule has 0 unspecified atom stereocenters. The van der Waals surface area contributed by atoms with Crippen LogP contribution >= 0.6 is 0 Å². The van der Waals surface area contributed by atoms with E-state index in [1.165, 1.54) is 6.07 Å². The van der Waals surface area contributed by atoms with Gasteiger partial charge in [0.15, 0.2) is 11.6 Å². The fraction of sp³-hybridized carbons (Fsp3) is 0.375. The zero-order chi connectivity index (χ0) is 15.5. The second kappa shape index (κ2) is 6.26. The van der Waals surface area contributed by atoms with E-state index in [-0.39, 0.29) is 17.9 Å². The lowest BCUT2D eigenvalue weighted by Crippen LogP contribution is -2.34. The highest BCUT2D eigenvalue weighted by Gasteiger charge is 2.11. The summed E-state index contributed by atoms with van der Waals surface area (Å²) in [5.74, 6) is -0.767. The fourth-order valence-electron chi connectivity index (χ4n) is 1.70. The number of ether oxygens (including phenoxy) is 1. The molecule has 0 fully saturated rings. The first kappa shape index (κ1) is 15.5. The molecule has 0 saturated heterocycles. The monoisotopic (exact) mass is 295 g/mol. The van der Waals surface area contributed by atoms with Crippen LogP contribution in [0, 0.1) is 11.6 Å². The normalized spacial score (nSPS) is 11.7. The number of furan rings is 1. The maximum absolute atomic E-state index is 13.4. The van der Waals surface area contributed by atoms with Crippen molar-refractivity contribution in [3.8, 4) is 5.75 Å². The van der Waals surface area contributed by atoms with Crippen LogP contribution in [0.5, 0.6) is 5.75 Å². The van der Waals surface area contributed by atoms with Crippen LogP contribution in [0.4, 0.5) is 8.78 Å². The zero-order valence-corrected chi connectivity index (χ0v) is 12.4. The Morgan fingerprint density at radius 1 is 1.19 bits per heavy atom. The van der Waals surface area contributed by atoms with Crippen LogP contribution in [0.2, 0.25) is 0 Å². The van der Waals surface area contributed by atoms with Crippen LogP contribution in [0.15, 0.2) is 34.9 Å². The van der Waals surface area contributed by atoms with Gasteiger partial charge in [-0.3, -0.25) is 0 Å². The topological polar surface area (TPSA) is 34.4 Å². The minimum absolute atomic E-state index is 0.00201. The molecular weight excluding hydrogens is 276 g/mol. The molecule has 3 nitrogen and oxygen atoms in total. The third-order valence-corrected chi connectivity index (χ3v) is 2.79. The van der Waals surface area contributed by atoms with E-state index in [0.717, 1.165) is 17.7 Å². The van der Waals surface area contributed by atoms with Gasteiger partial charge in [0.05, 0.1) is 6.26 Å². The van der Waals surface area contributed by atoms with E-state index < -0.39 is 11.6 Å². The molecule has 21 heavy (non-hydrogen) atoms. The summed E-state index contributed by atoms with van der Waals surface area (Å²) in [7, 11) is 0. The van der Waals surface area contributed by atoms with Crippen molar-refractivity contribution in [2.24, 2.45) is 0 Å². The molecule has 0 amide bonds. The van der Waals surface area contributed by atoms with Gasteiger partial charge in [-0.2, -0.15) is 0 Å². The molecule has 0 bridgehead atoms. The first-order chi connectivity index (χ1) is 9.83. The average Bonchev–Trinajstić information content (AvgIpc) is 2.82.